The van der Waals surface area contributed by atoms with E-state index >= 15 is 0 Å². The van der Waals surface area contributed by atoms with Crippen LogP contribution in [0.25, 0.3) is 0 Å². The average Bonchev–Trinajstić information content (AvgIpc) is 3.39. The predicted octanol–water partition coefficient (Wildman–Crippen LogP) is 4.71. The lowest BCUT2D eigenvalue weighted by molar-refractivity contribution is -0.129. The molecule has 1 fully saturated rings. The highest BCUT2D eigenvalue weighted by Crippen LogP contribution is 2.23. The summed E-state index contributed by atoms with van der Waals surface area (Å²) < 4.78 is 5.30. The van der Waals surface area contributed by atoms with Gasteiger partial charge in [-0.25, -0.2) is 0 Å². The maximum absolute atomic E-state index is 13.5. The molecular formula is C27H28N2O3. The minimum absolute atomic E-state index is 0.103. The molecular weight excluding hydrogens is 400 g/mol. The molecule has 0 bridgehead atoms. The van der Waals surface area contributed by atoms with E-state index in [2.05, 4.69) is 0 Å². The smallest absolute Gasteiger partial charge is 0.258 e. The van der Waals surface area contributed by atoms with E-state index in [4.69, 9.17) is 4.74 Å². The van der Waals surface area contributed by atoms with E-state index < -0.39 is 0 Å². The molecule has 1 heterocycles. The Morgan fingerprint density at radius 1 is 0.875 bits per heavy atom. The number of methoxy groups -OCH3 is 1. The number of nitrogens with zero attached hydrogens (tertiary/aromatic N) is 2. The first-order valence-electron chi connectivity index (χ1n) is 11.0. The quantitative estimate of drug-likeness (QED) is 0.548. The fraction of sp³-hybridized carbons (Fsp3) is 0.259. The largest absolute Gasteiger partial charge is 0.497 e. The van der Waals surface area contributed by atoms with Crippen molar-refractivity contribution in [2.45, 2.75) is 25.8 Å². The van der Waals surface area contributed by atoms with E-state index in [1.54, 1.807) is 24.1 Å². The van der Waals surface area contributed by atoms with Gasteiger partial charge in [0.2, 0.25) is 5.91 Å². The van der Waals surface area contributed by atoms with E-state index in [1.165, 1.54) is 0 Å². The lowest BCUT2D eigenvalue weighted by atomic mass is 10.1. The van der Waals surface area contributed by atoms with Gasteiger partial charge in [0.1, 0.15) is 5.75 Å². The van der Waals surface area contributed by atoms with Crippen molar-refractivity contribution in [3.8, 4) is 5.75 Å². The first-order valence-corrected chi connectivity index (χ1v) is 11.0. The van der Waals surface area contributed by atoms with Crippen LogP contribution < -0.4 is 9.64 Å². The van der Waals surface area contributed by atoms with Crippen LogP contribution in [0.1, 0.15) is 34.3 Å². The van der Waals surface area contributed by atoms with Crippen LogP contribution in [-0.4, -0.2) is 36.9 Å². The van der Waals surface area contributed by atoms with Gasteiger partial charge in [0.15, 0.2) is 0 Å². The van der Waals surface area contributed by atoms with Crippen molar-refractivity contribution in [1.82, 2.24) is 4.90 Å². The van der Waals surface area contributed by atoms with Crippen LogP contribution in [0, 0.1) is 0 Å². The Bertz CT molecular complexity index is 1060. The van der Waals surface area contributed by atoms with Crippen molar-refractivity contribution in [2.75, 3.05) is 25.1 Å². The number of ether oxygens (including phenoxy) is 1. The second-order valence-corrected chi connectivity index (χ2v) is 8.04. The maximum Gasteiger partial charge on any atom is 0.258 e. The Balaban J connectivity index is 1.57. The molecule has 5 nitrogen and oxygen atoms in total. The third kappa shape index (κ3) is 5.17. The van der Waals surface area contributed by atoms with E-state index in [-0.39, 0.29) is 11.8 Å². The summed E-state index contributed by atoms with van der Waals surface area (Å²) in [4.78, 5) is 29.6. The molecule has 1 aliphatic rings. The van der Waals surface area contributed by atoms with Gasteiger partial charge in [-0.2, -0.15) is 0 Å². The fourth-order valence-corrected chi connectivity index (χ4v) is 4.00. The summed E-state index contributed by atoms with van der Waals surface area (Å²) in [5, 5.41) is 0. The number of amides is 2. The highest BCUT2D eigenvalue weighted by atomic mass is 16.5. The minimum atomic E-state index is -0.103. The number of carbonyl (C=O) groups is 2. The van der Waals surface area contributed by atoms with Gasteiger partial charge in [0.25, 0.3) is 5.91 Å². The van der Waals surface area contributed by atoms with Crippen molar-refractivity contribution in [1.29, 1.82) is 0 Å². The summed E-state index contributed by atoms with van der Waals surface area (Å²) in [6.07, 6.45) is 2.57. The van der Waals surface area contributed by atoms with Gasteiger partial charge in [-0.1, -0.05) is 48.5 Å². The molecule has 32 heavy (non-hydrogen) atoms. The van der Waals surface area contributed by atoms with Crippen molar-refractivity contribution >= 4 is 17.5 Å². The zero-order valence-corrected chi connectivity index (χ0v) is 18.4. The number of anilines is 1. The summed E-state index contributed by atoms with van der Waals surface area (Å²) in [5.74, 6) is 0.712. The Morgan fingerprint density at radius 3 is 2.28 bits per heavy atom. The molecule has 0 aliphatic carbocycles. The van der Waals surface area contributed by atoms with Crippen LogP contribution in [0.5, 0.6) is 5.75 Å². The Morgan fingerprint density at radius 2 is 1.59 bits per heavy atom. The number of likely N-dealkylation sites (tertiary alicyclic amines) is 1. The zero-order valence-electron chi connectivity index (χ0n) is 18.4. The van der Waals surface area contributed by atoms with Gasteiger partial charge in [-0.3, -0.25) is 9.59 Å². The first-order chi connectivity index (χ1) is 15.6. The molecule has 4 rings (SSSR count). The molecule has 0 aromatic heterocycles. The average molecular weight is 429 g/mol. The summed E-state index contributed by atoms with van der Waals surface area (Å²) in [6, 6.07) is 24.8. The molecule has 1 saturated heterocycles. The normalized spacial score (nSPS) is 13.1. The summed E-state index contributed by atoms with van der Waals surface area (Å²) in [7, 11) is 1.59. The van der Waals surface area contributed by atoms with Crippen LogP contribution >= 0.6 is 0 Å². The lowest BCUT2D eigenvalue weighted by Gasteiger charge is -2.24. The van der Waals surface area contributed by atoms with Crippen LogP contribution in [0.2, 0.25) is 0 Å². The van der Waals surface area contributed by atoms with Crippen LogP contribution in [0.3, 0.4) is 0 Å². The molecule has 0 radical (unpaired) electrons. The maximum atomic E-state index is 13.5. The summed E-state index contributed by atoms with van der Waals surface area (Å²) >= 11 is 0. The van der Waals surface area contributed by atoms with Gasteiger partial charge in [0.05, 0.1) is 20.1 Å². The molecule has 5 heteroatoms. The fourth-order valence-electron chi connectivity index (χ4n) is 4.00. The Labute approximate surface area is 189 Å². The molecule has 0 saturated carbocycles. The van der Waals surface area contributed by atoms with Gasteiger partial charge in [-0.15, -0.1) is 0 Å². The molecule has 0 unspecified atom stereocenters. The van der Waals surface area contributed by atoms with Crippen molar-refractivity contribution in [3.63, 3.8) is 0 Å². The lowest BCUT2D eigenvalue weighted by Crippen LogP contribution is -2.30. The molecule has 164 valence electrons. The number of carbonyl (C=O) groups excluding carboxylic acids is 2. The van der Waals surface area contributed by atoms with Crippen molar-refractivity contribution < 1.29 is 14.3 Å². The minimum Gasteiger partial charge on any atom is -0.497 e. The molecule has 0 spiro atoms. The van der Waals surface area contributed by atoms with Gasteiger partial charge in [-0.05, 0) is 54.3 Å². The van der Waals surface area contributed by atoms with Crippen LogP contribution in [0.15, 0.2) is 78.9 Å². The second-order valence-electron chi connectivity index (χ2n) is 8.04. The van der Waals surface area contributed by atoms with Gasteiger partial charge in [0, 0.05) is 24.3 Å². The van der Waals surface area contributed by atoms with Gasteiger partial charge < -0.3 is 14.5 Å². The summed E-state index contributed by atoms with van der Waals surface area (Å²) in [6.45, 7) is 2.16. The van der Waals surface area contributed by atoms with Crippen molar-refractivity contribution in [2.24, 2.45) is 0 Å². The standard InChI is InChI=1S/C27H28N2O3/c1-32-25-11-7-10-23(19-25)27(31)29(20-22-8-3-2-4-9-22)24-14-12-21(13-15-24)18-26(30)28-16-5-6-17-28/h2-4,7-15,19H,5-6,16-18,20H2,1H3. The van der Waals surface area contributed by atoms with E-state index in [1.807, 2.05) is 71.6 Å². The molecule has 3 aromatic rings. The first kappa shape index (κ1) is 21.6. The predicted molar refractivity (Wildman–Crippen MR) is 126 cm³/mol. The van der Waals surface area contributed by atoms with Crippen LogP contribution in [0.4, 0.5) is 5.69 Å². The molecule has 2 amide bonds. The van der Waals surface area contributed by atoms with E-state index in [9.17, 15) is 9.59 Å². The van der Waals surface area contributed by atoms with E-state index in [0.29, 0.717) is 24.3 Å². The van der Waals surface area contributed by atoms with Crippen LogP contribution in [-0.2, 0) is 17.8 Å². The second kappa shape index (κ2) is 10.1. The Hall–Kier alpha value is -3.60. The number of benzene rings is 3. The molecule has 3 aromatic carbocycles. The zero-order chi connectivity index (χ0) is 22.3. The number of hydrogen-bond acceptors (Lipinski definition) is 3. The monoisotopic (exact) mass is 428 g/mol. The molecule has 1 aliphatic heterocycles. The highest BCUT2D eigenvalue weighted by Gasteiger charge is 2.20. The third-order valence-corrected chi connectivity index (χ3v) is 5.81. The highest BCUT2D eigenvalue weighted by molar-refractivity contribution is 6.06. The molecule has 0 atom stereocenters. The molecule has 0 N–H and O–H groups in total. The number of hydrogen-bond donors (Lipinski definition) is 0. The topological polar surface area (TPSA) is 49.9 Å². The number of rotatable bonds is 7. The SMILES string of the molecule is COc1cccc(C(=O)N(Cc2ccccc2)c2ccc(CC(=O)N3CCCC3)cc2)c1. The summed E-state index contributed by atoms with van der Waals surface area (Å²) in [5.41, 5.74) is 3.35. The van der Waals surface area contributed by atoms with Crippen molar-refractivity contribution in [3.05, 3.63) is 95.6 Å². The van der Waals surface area contributed by atoms with E-state index in [0.717, 1.165) is 42.7 Å². The Kier molecular flexibility index (Phi) is 6.85. The third-order valence-electron chi connectivity index (χ3n) is 5.81. The van der Waals surface area contributed by atoms with Gasteiger partial charge >= 0.3 is 0 Å².